The van der Waals surface area contributed by atoms with Gasteiger partial charge in [0.1, 0.15) is 78.2 Å². The number of fused-ring (bicyclic) bond motifs is 1. The van der Waals surface area contributed by atoms with Crippen LogP contribution in [0.1, 0.15) is 48.6 Å². The van der Waals surface area contributed by atoms with E-state index in [2.05, 4.69) is 0 Å². The zero-order chi connectivity index (χ0) is 61.2. The molecule has 4 fully saturated rings. The Balaban J connectivity index is 1.12. The van der Waals surface area contributed by atoms with Gasteiger partial charge in [-0.1, -0.05) is 159 Å². The van der Waals surface area contributed by atoms with E-state index in [0.29, 0.717) is 5.75 Å². The van der Waals surface area contributed by atoms with Gasteiger partial charge in [-0.2, -0.15) is 0 Å². The van der Waals surface area contributed by atoms with Crippen LogP contribution in [-0.4, -0.2) is 171 Å². The summed E-state index contributed by atoms with van der Waals surface area (Å²) in [4.78, 5) is 27.1. The number of carbonyl (C=O) groups is 2. The summed E-state index contributed by atoms with van der Waals surface area (Å²) >= 11 is 13.7. The minimum absolute atomic E-state index is 0.0274. The van der Waals surface area contributed by atoms with Crippen molar-refractivity contribution in [2.45, 2.75) is 157 Å². The molecule has 0 amide bonds. The Morgan fingerprint density at radius 2 is 0.897 bits per heavy atom. The van der Waals surface area contributed by atoms with E-state index in [-0.39, 0.29) is 39.6 Å². The number of alkyl halides is 2. The van der Waals surface area contributed by atoms with Crippen molar-refractivity contribution in [2.24, 2.45) is 0 Å². The highest BCUT2D eigenvalue weighted by molar-refractivity contribution is 7.99. The molecule has 0 aliphatic carbocycles. The molecule has 5 aromatic carbocycles. The molecule has 4 aliphatic rings. The van der Waals surface area contributed by atoms with E-state index in [0.717, 1.165) is 27.8 Å². The van der Waals surface area contributed by atoms with Gasteiger partial charge in [-0.3, -0.25) is 9.59 Å². The molecule has 0 saturated carbocycles. The topological polar surface area (TPSA) is 202 Å². The molecule has 22 heteroatoms. The average molecular weight is 1270 g/mol. The van der Waals surface area contributed by atoms with E-state index in [1.807, 2.05) is 159 Å². The molecular weight excluding hydrogens is 1190 g/mol. The summed E-state index contributed by atoms with van der Waals surface area (Å²) in [6.07, 6.45) is -16.3. The van der Waals surface area contributed by atoms with Crippen LogP contribution in [-0.2, 0) is 118 Å². The maximum atomic E-state index is 13.7. The molecule has 87 heavy (non-hydrogen) atoms. The van der Waals surface area contributed by atoms with Gasteiger partial charge in [-0.15, -0.1) is 35.0 Å². The number of hydrogen-bond acceptors (Lipinski definition) is 20. The summed E-state index contributed by atoms with van der Waals surface area (Å²) in [6, 6.07) is 48.3. The fraction of sp³-hybridized carbons (Fsp3) is 0.508. The molecule has 472 valence electrons. The molecule has 19 nitrogen and oxygen atoms in total. The first-order chi connectivity index (χ1) is 42.4. The van der Waals surface area contributed by atoms with Gasteiger partial charge in [0.2, 0.25) is 11.6 Å². The van der Waals surface area contributed by atoms with Gasteiger partial charge in [0.05, 0.1) is 52.9 Å². The fourth-order valence-corrected chi connectivity index (χ4v) is 12.0. The number of hydrogen-bond donors (Lipinski definition) is 1. The Morgan fingerprint density at radius 1 is 0.483 bits per heavy atom. The number of rotatable bonds is 30. The predicted octanol–water partition coefficient (Wildman–Crippen LogP) is 8.68. The van der Waals surface area contributed by atoms with Crippen LogP contribution in [0, 0.1) is 0 Å². The molecule has 0 spiro atoms. The van der Waals surface area contributed by atoms with Crippen molar-refractivity contribution in [3.63, 3.8) is 0 Å². The van der Waals surface area contributed by atoms with Gasteiger partial charge in [0.15, 0.2) is 24.8 Å². The molecule has 0 aromatic heterocycles. The average Bonchev–Trinajstić information content (AvgIpc) is 0.823. The minimum Gasteiger partial charge on any atom is -0.456 e. The summed E-state index contributed by atoms with van der Waals surface area (Å²) in [5.74, 6) is -5.50. The van der Waals surface area contributed by atoms with E-state index >= 15 is 0 Å². The van der Waals surface area contributed by atoms with Crippen LogP contribution in [0.25, 0.3) is 0 Å². The first-order valence-electron chi connectivity index (χ1n) is 29.1. The van der Waals surface area contributed by atoms with Crippen molar-refractivity contribution in [3.8, 4) is 0 Å². The van der Waals surface area contributed by atoms with Crippen LogP contribution in [0.15, 0.2) is 152 Å². The number of benzene rings is 5. The molecule has 4 heterocycles. The van der Waals surface area contributed by atoms with Crippen molar-refractivity contribution in [3.05, 3.63) is 179 Å². The second kappa shape index (κ2) is 32.9. The molecule has 0 radical (unpaired) electrons. The molecule has 17 unspecified atom stereocenters. The molecule has 1 N–H and O–H groups in total. The number of aliphatic hydroxyl groups is 1. The smallest absolute Gasteiger partial charge is 0.321 e. The molecule has 4 saturated heterocycles. The second-order valence-electron chi connectivity index (χ2n) is 21.4. The van der Waals surface area contributed by atoms with Crippen molar-refractivity contribution >= 4 is 46.9 Å². The number of aliphatic hydroxyl groups excluding tert-OH is 1. The van der Waals surface area contributed by atoms with E-state index in [1.54, 1.807) is 13.8 Å². The third kappa shape index (κ3) is 17.3. The van der Waals surface area contributed by atoms with E-state index in [9.17, 15) is 14.7 Å². The molecular formula is C65H78Cl2O19S. The third-order valence-electron chi connectivity index (χ3n) is 15.6. The van der Waals surface area contributed by atoms with Crippen LogP contribution >= 0.6 is 35.0 Å². The number of methoxy groups -OCH3 is 2. The number of ether oxygens (including phenoxy) is 16. The van der Waals surface area contributed by atoms with Crippen molar-refractivity contribution in [1.29, 1.82) is 0 Å². The largest absolute Gasteiger partial charge is 0.456 e. The van der Waals surface area contributed by atoms with Gasteiger partial charge < -0.3 is 80.9 Å². The number of carbonyl (C=O) groups excluding carboxylic acids is 2. The first kappa shape index (κ1) is 66.8. The Hall–Kier alpha value is -4.63. The predicted molar refractivity (Wildman–Crippen MR) is 320 cm³/mol. The molecule has 4 aliphatic heterocycles. The highest BCUT2D eigenvalue weighted by Gasteiger charge is 2.65. The van der Waals surface area contributed by atoms with Crippen molar-refractivity contribution in [2.75, 3.05) is 51.6 Å². The van der Waals surface area contributed by atoms with Crippen molar-refractivity contribution in [1.82, 2.24) is 0 Å². The Kier molecular flexibility index (Phi) is 25.3. The van der Waals surface area contributed by atoms with Crippen LogP contribution < -0.4 is 0 Å². The van der Waals surface area contributed by atoms with E-state index in [4.69, 9.17) is 99.0 Å². The Labute approximate surface area is 522 Å². The van der Waals surface area contributed by atoms with Gasteiger partial charge in [0, 0.05) is 14.2 Å². The second-order valence-corrected chi connectivity index (χ2v) is 23.3. The summed E-state index contributed by atoms with van der Waals surface area (Å²) in [5, 5.41) is 11.1. The third-order valence-corrected chi connectivity index (χ3v) is 17.1. The van der Waals surface area contributed by atoms with Crippen LogP contribution in [0.5, 0.6) is 0 Å². The van der Waals surface area contributed by atoms with Crippen LogP contribution in [0.2, 0.25) is 0 Å². The highest BCUT2D eigenvalue weighted by Crippen LogP contribution is 2.46. The quantitative estimate of drug-likeness (QED) is 0.0338. The molecule has 9 rings (SSSR count). The SMILES string of the molecule is CCSC1OC(CO)C(OCc2ccccc2)C(OC2OC(COC3OC(COCc4ccccc4)C(OCc4ccccc4)C(OCc4ccccc4)C3OCc3ccccc3)C(OC(=O)CCl)C3OC(C)(OC)C(C)(OC)OC23)C1OC(=O)CCl. The standard InChI is InChI=1S/C65H78Cl2O19S/c1-6-87-63-60(83-51(70)33-67)56(52(47(34-68)81-63)74-36-43-24-14-8-15-25-43)84-62-59-57(85-64(2,71-4)65(3,72-5)86-59)54(82-50(69)32-66)49(80-62)41-78-61-58(77-39-46-30-20-11-21-31-46)55(76-38-45-28-18-10-19-29-45)53(75-37-44-26-16-9-17-27-44)48(79-61)40-73-35-42-22-12-7-13-23-42/h7-31,47-49,52-63,68H,6,32-41H2,1-5H3. The summed E-state index contributed by atoms with van der Waals surface area (Å²) < 4.78 is 107. The van der Waals surface area contributed by atoms with Crippen LogP contribution in [0.4, 0.5) is 0 Å². The van der Waals surface area contributed by atoms with Gasteiger partial charge in [-0.05, 0) is 47.4 Å². The molecule has 0 bridgehead atoms. The van der Waals surface area contributed by atoms with Gasteiger partial charge in [-0.25, -0.2) is 0 Å². The maximum absolute atomic E-state index is 13.7. The minimum atomic E-state index is -1.68. The monoisotopic (exact) mass is 1260 g/mol. The summed E-state index contributed by atoms with van der Waals surface area (Å²) in [7, 11) is 2.84. The zero-order valence-corrected chi connectivity index (χ0v) is 51.7. The first-order valence-corrected chi connectivity index (χ1v) is 31.2. The lowest BCUT2D eigenvalue weighted by Gasteiger charge is -2.57. The number of esters is 2. The lowest BCUT2D eigenvalue weighted by molar-refractivity contribution is -0.488. The van der Waals surface area contributed by atoms with Gasteiger partial charge >= 0.3 is 11.9 Å². The lowest BCUT2D eigenvalue weighted by Crippen LogP contribution is -2.74. The zero-order valence-electron chi connectivity index (χ0n) is 49.3. The van der Waals surface area contributed by atoms with Crippen molar-refractivity contribution < 1.29 is 90.5 Å². The highest BCUT2D eigenvalue weighted by atomic mass is 35.5. The molecule has 5 aromatic rings. The summed E-state index contributed by atoms with van der Waals surface area (Å²) in [5.41, 5.74) is 3.51. The number of thioether (sulfide) groups is 1. The van der Waals surface area contributed by atoms with Crippen LogP contribution in [0.3, 0.4) is 0 Å². The van der Waals surface area contributed by atoms with E-state index in [1.165, 1.54) is 26.0 Å². The number of halogens is 2. The van der Waals surface area contributed by atoms with Gasteiger partial charge in [0.25, 0.3) is 0 Å². The maximum Gasteiger partial charge on any atom is 0.321 e. The Bertz CT molecular complexity index is 2830. The van der Waals surface area contributed by atoms with E-state index < -0.39 is 140 Å². The normalized spacial score (nSPS) is 31.6. The fourth-order valence-electron chi connectivity index (χ4n) is 10.9. The Morgan fingerprint density at radius 3 is 1.36 bits per heavy atom. The lowest BCUT2D eigenvalue weighted by atomic mass is 9.93. The summed E-state index contributed by atoms with van der Waals surface area (Å²) in [6.45, 7) is 4.99. The molecule has 17 atom stereocenters.